The molecule has 1 aromatic carbocycles. The summed E-state index contributed by atoms with van der Waals surface area (Å²) in [5.41, 5.74) is 1.19. The van der Waals surface area contributed by atoms with Crippen LogP contribution < -0.4 is 9.64 Å². The molecule has 2 nitrogen and oxygen atoms in total. The van der Waals surface area contributed by atoms with Gasteiger partial charge in [-0.1, -0.05) is 24.3 Å². The second-order valence-corrected chi connectivity index (χ2v) is 3.38. The number of rotatable bonds is 2. The van der Waals surface area contributed by atoms with Gasteiger partial charge in [-0.3, -0.25) is 0 Å². The van der Waals surface area contributed by atoms with E-state index < -0.39 is 0 Å². The van der Waals surface area contributed by atoms with Crippen molar-refractivity contribution in [2.24, 2.45) is 0 Å². The fourth-order valence-electron chi connectivity index (χ4n) is 1.75. The van der Waals surface area contributed by atoms with Crippen LogP contribution in [0.5, 0.6) is 5.75 Å². The molecule has 1 aliphatic heterocycles. The van der Waals surface area contributed by atoms with Gasteiger partial charge in [-0.05, 0) is 18.6 Å². The Hall–Kier alpha value is -1.44. The average Bonchev–Trinajstić information content (AvgIpc) is 2.30. The first-order valence-corrected chi connectivity index (χ1v) is 4.95. The molecule has 1 aromatic rings. The maximum Gasteiger partial charge on any atom is 0.142 e. The van der Waals surface area contributed by atoms with E-state index in [-0.39, 0.29) is 0 Å². The highest BCUT2D eigenvalue weighted by Gasteiger charge is 2.10. The minimum atomic E-state index is 0.961. The van der Waals surface area contributed by atoms with E-state index in [1.54, 1.807) is 7.11 Å². The topological polar surface area (TPSA) is 12.5 Å². The van der Waals surface area contributed by atoms with Crippen molar-refractivity contribution in [2.45, 2.75) is 6.42 Å². The fraction of sp³-hybridized carbons (Fsp3) is 0.333. The molecule has 2 rings (SSSR count). The molecule has 0 saturated heterocycles. The molecule has 1 heterocycles. The van der Waals surface area contributed by atoms with Crippen LogP contribution in [-0.4, -0.2) is 20.2 Å². The van der Waals surface area contributed by atoms with Crippen molar-refractivity contribution in [2.75, 3.05) is 25.1 Å². The molecule has 74 valence electrons. The standard InChI is InChI=1S/C12H15NO/c1-14-12-8-4-3-7-11(12)13-9-5-2-6-10-13/h2-5,7-8H,6,9-10H2,1H3. The van der Waals surface area contributed by atoms with E-state index in [1.807, 2.05) is 12.1 Å². The van der Waals surface area contributed by atoms with Crippen molar-refractivity contribution < 1.29 is 4.74 Å². The van der Waals surface area contributed by atoms with Crippen molar-refractivity contribution in [3.8, 4) is 5.75 Å². The highest BCUT2D eigenvalue weighted by atomic mass is 16.5. The third-order valence-corrected chi connectivity index (χ3v) is 2.48. The smallest absolute Gasteiger partial charge is 0.142 e. The van der Waals surface area contributed by atoms with Crippen LogP contribution in [0.4, 0.5) is 5.69 Å². The Morgan fingerprint density at radius 2 is 2.07 bits per heavy atom. The summed E-state index contributed by atoms with van der Waals surface area (Å²) >= 11 is 0. The largest absolute Gasteiger partial charge is 0.495 e. The maximum absolute atomic E-state index is 5.33. The summed E-state index contributed by atoms with van der Waals surface area (Å²) in [5.74, 6) is 0.961. The van der Waals surface area contributed by atoms with Crippen LogP contribution in [0.1, 0.15) is 6.42 Å². The Morgan fingerprint density at radius 3 is 2.79 bits per heavy atom. The number of hydrogen-bond donors (Lipinski definition) is 0. The molecule has 0 atom stereocenters. The number of hydrogen-bond acceptors (Lipinski definition) is 2. The summed E-state index contributed by atoms with van der Waals surface area (Å²) in [6.45, 7) is 2.07. The molecular weight excluding hydrogens is 174 g/mol. The second-order valence-electron chi connectivity index (χ2n) is 3.38. The molecule has 0 aliphatic carbocycles. The number of anilines is 1. The first-order valence-electron chi connectivity index (χ1n) is 4.95. The summed E-state index contributed by atoms with van der Waals surface area (Å²) < 4.78 is 5.33. The lowest BCUT2D eigenvalue weighted by atomic mass is 10.2. The van der Waals surface area contributed by atoms with Crippen LogP contribution in [0.2, 0.25) is 0 Å². The summed E-state index contributed by atoms with van der Waals surface area (Å²) in [6, 6.07) is 8.17. The monoisotopic (exact) mass is 189 g/mol. The van der Waals surface area contributed by atoms with Crippen LogP contribution >= 0.6 is 0 Å². The zero-order valence-corrected chi connectivity index (χ0v) is 8.44. The third kappa shape index (κ3) is 1.74. The molecule has 0 saturated carbocycles. The van der Waals surface area contributed by atoms with E-state index in [1.165, 1.54) is 5.69 Å². The van der Waals surface area contributed by atoms with E-state index in [9.17, 15) is 0 Å². The molecule has 0 radical (unpaired) electrons. The van der Waals surface area contributed by atoms with Crippen LogP contribution in [0, 0.1) is 0 Å². The quantitative estimate of drug-likeness (QED) is 0.663. The second kappa shape index (κ2) is 4.18. The zero-order chi connectivity index (χ0) is 9.80. The van der Waals surface area contributed by atoms with Gasteiger partial charge in [0.1, 0.15) is 5.75 Å². The van der Waals surface area contributed by atoms with Crippen molar-refractivity contribution >= 4 is 5.69 Å². The van der Waals surface area contributed by atoms with Crippen LogP contribution in [0.25, 0.3) is 0 Å². The van der Waals surface area contributed by atoms with E-state index in [2.05, 4.69) is 29.2 Å². The minimum Gasteiger partial charge on any atom is -0.495 e. The van der Waals surface area contributed by atoms with Gasteiger partial charge >= 0.3 is 0 Å². The fourth-order valence-corrected chi connectivity index (χ4v) is 1.75. The molecule has 2 heteroatoms. The molecule has 0 N–H and O–H groups in total. The molecule has 0 fully saturated rings. The molecule has 14 heavy (non-hydrogen) atoms. The molecule has 0 bridgehead atoms. The van der Waals surface area contributed by atoms with Crippen molar-refractivity contribution in [3.63, 3.8) is 0 Å². The van der Waals surface area contributed by atoms with Gasteiger partial charge in [0.2, 0.25) is 0 Å². The predicted molar refractivity (Wildman–Crippen MR) is 59.0 cm³/mol. The molecule has 1 aliphatic rings. The SMILES string of the molecule is COc1ccccc1N1CC=CCC1. The number of benzene rings is 1. The highest BCUT2D eigenvalue weighted by molar-refractivity contribution is 5.59. The van der Waals surface area contributed by atoms with Crippen molar-refractivity contribution in [1.82, 2.24) is 0 Å². The lowest BCUT2D eigenvalue weighted by Gasteiger charge is -2.26. The Labute approximate surface area is 84.8 Å². The lowest BCUT2D eigenvalue weighted by molar-refractivity contribution is 0.414. The van der Waals surface area contributed by atoms with Crippen molar-refractivity contribution in [3.05, 3.63) is 36.4 Å². The molecular formula is C12H15NO. The molecule has 0 spiro atoms. The Morgan fingerprint density at radius 1 is 1.21 bits per heavy atom. The maximum atomic E-state index is 5.33. The first kappa shape index (κ1) is 9.13. The lowest BCUT2D eigenvalue weighted by Crippen LogP contribution is -2.27. The van der Waals surface area contributed by atoms with Gasteiger partial charge in [0, 0.05) is 13.1 Å². The Bertz CT molecular complexity index is 333. The van der Waals surface area contributed by atoms with Gasteiger partial charge < -0.3 is 9.64 Å². The van der Waals surface area contributed by atoms with Crippen LogP contribution in [0.3, 0.4) is 0 Å². The van der Waals surface area contributed by atoms with Gasteiger partial charge in [-0.25, -0.2) is 0 Å². The molecule has 0 unspecified atom stereocenters. The summed E-state index contributed by atoms with van der Waals surface area (Å²) in [4.78, 5) is 2.33. The number of nitrogens with zero attached hydrogens (tertiary/aromatic N) is 1. The third-order valence-electron chi connectivity index (χ3n) is 2.48. The summed E-state index contributed by atoms with van der Waals surface area (Å²) in [7, 11) is 1.72. The number of para-hydroxylation sites is 2. The van der Waals surface area contributed by atoms with Gasteiger partial charge in [-0.2, -0.15) is 0 Å². The van der Waals surface area contributed by atoms with Crippen LogP contribution in [0.15, 0.2) is 36.4 Å². The first-order chi connectivity index (χ1) is 6.92. The minimum absolute atomic E-state index is 0.961. The normalized spacial score (nSPS) is 15.6. The Balaban J connectivity index is 2.25. The molecule has 0 aromatic heterocycles. The van der Waals surface area contributed by atoms with Gasteiger partial charge in [0.25, 0.3) is 0 Å². The summed E-state index contributed by atoms with van der Waals surface area (Å²) in [6.07, 6.45) is 5.56. The molecule has 0 amide bonds. The predicted octanol–water partition coefficient (Wildman–Crippen LogP) is 2.46. The van der Waals surface area contributed by atoms with Gasteiger partial charge in [0.05, 0.1) is 12.8 Å². The van der Waals surface area contributed by atoms with Crippen LogP contribution in [-0.2, 0) is 0 Å². The van der Waals surface area contributed by atoms with Crippen molar-refractivity contribution in [1.29, 1.82) is 0 Å². The van der Waals surface area contributed by atoms with E-state index in [0.29, 0.717) is 0 Å². The zero-order valence-electron chi connectivity index (χ0n) is 8.44. The van der Waals surface area contributed by atoms with Gasteiger partial charge in [-0.15, -0.1) is 0 Å². The van der Waals surface area contributed by atoms with Gasteiger partial charge in [0.15, 0.2) is 0 Å². The Kier molecular flexibility index (Phi) is 2.73. The number of methoxy groups -OCH3 is 1. The average molecular weight is 189 g/mol. The van der Waals surface area contributed by atoms with E-state index >= 15 is 0 Å². The van der Waals surface area contributed by atoms with E-state index in [0.717, 1.165) is 25.3 Å². The number of ether oxygens (including phenoxy) is 1. The highest BCUT2D eigenvalue weighted by Crippen LogP contribution is 2.28. The van der Waals surface area contributed by atoms with E-state index in [4.69, 9.17) is 4.74 Å². The summed E-state index contributed by atoms with van der Waals surface area (Å²) in [5, 5.41) is 0.